The lowest BCUT2D eigenvalue weighted by molar-refractivity contribution is -0.166. The minimum absolute atomic E-state index is 0.116. The molecule has 0 aromatic carbocycles. The molecular weight excluding hydrogens is 428 g/mol. The van der Waals surface area contributed by atoms with Gasteiger partial charge in [-0.05, 0) is 0 Å². The fourth-order valence-corrected chi connectivity index (χ4v) is 3.28. The Balaban J connectivity index is 1.99. The van der Waals surface area contributed by atoms with Crippen molar-refractivity contribution >= 4 is 35.0 Å². The van der Waals surface area contributed by atoms with Gasteiger partial charge in [0.15, 0.2) is 24.1 Å². The molecule has 4 atom stereocenters. The number of rotatable bonds is 7. The predicted molar refractivity (Wildman–Crippen MR) is 102 cm³/mol. The molecule has 0 bridgehead atoms. The largest absolute Gasteiger partial charge is 0.463 e. The molecule has 1 aliphatic heterocycles. The van der Waals surface area contributed by atoms with Gasteiger partial charge in [0.1, 0.15) is 36.9 Å². The minimum Gasteiger partial charge on any atom is -0.463 e. The van der Waals surface area contributed by atoms with Crippen LogP contribution in [0.25, 0.3) is 11.2 Å². The lowest BCUT2D eigenvalue weighted by atomic mass is 10.1. The monoisotopic (exact) mass is 450 g/mol. The molecular formula is C19H22N4O9. The van der Waals surface area contributed by atoms with Gasteiger partial charge in [-0.3, -0.25) is 23.7 Å². The van der Waals surface area contributed by atoms with Crippen molar-refractivity contribution in [2.45, 2.75) is 58.8 Å². The van der Waals surface area contributed by atoms with E-state index in [4.69, 9.17) is 23.7 Å². The van der Waals surface area contributed by atoms with Crippen molar-refractivity contribution in [3.8, 4) is 0 Å². The van der Waals surface area contributed by atoms with E-state index >= 15 is 0 Å². The lowest BCUT2D eigenvalue weighted by Gasteiger charge is -2.23. The van der Waals surface area contributed by atoms with Gasteiger partial charge in [-0.25, -0.2) is 15.0 Å². The Labute approximate surface area is 182 Å². The molecule has 13 nitrogen and oxygen atoms in total. The zero-order valence-electron chi connectivity index (χ0n) is 17.8. The number of fused-ring (bicyclic) bond motifs is 1. The van der Waals surface area contributed by atoms with Crippen LogP contribution < -0.4 is 0 Å². The summed E-state index contributed by atoms with van der Waals surface area (Å²) in [5, 5.41) is 0. The molecule has 13 heteroatoms. The van der Waals surface area contributed by atoms with Crippen molar-refractivity contribution in [2.24, 2.45) is 0 Å². The van der Waals surface area contributed by atoms with E-state index in [1.807, 2.05) is 0 Å². The predicted octanol–water partition coefficient (Wildman–Crippen LogP) is 0.213. The normalized spacial score (nSPS) is 22.4. The molecule has 2 aromatic heterocycles. The number of nitrogens with zero attached hydrogens (tertiary/aromatic N) is 4. The summed E-state index contributed by atoms with van der Waals surface area (Å²) in [7, 11) is 0. The third-order valence-corrected chi connectivity index (χ3v) is 4.46. The summed E-state index contributed by atoms with van der Waals surface area (Å²) >= 11 is 0. The number of carbonyl (C=O) groups is 4. The molecule has 3 heterocycles. The summed E-state index contributed by atoms with van der Waals surface area (Å²) in [6, 6.07) is 0. The van der Waals surface area contributed by atoms with Gasteiger partial charge in [0.2, 0.25) is 0 Å². The van der Waals surface area contributed by atoms with Crippen molar-refractivity contribution in [1.29, 1.82) is 0 Å². The summed E-state index contributed by atoms with van der Waals surface area (Å²) in [6.45, 7) is 4.54. The summed E-state index contributed by atoms with van der Waals surface area (Å²) < 4.78 is 28.2. The Morgan fingerprint density at radius 3 is 2.19 bits per heavy atom. The first kappa shape index (κ1) is 23.1. The second kappa shape index (κ2) is 9.68. The summed E-state index contributed by atoms with van der Waals surface area (Å²) in [4.78, 5) is 58.5. The highest BCUT2D eigenvalue weighted by Gasteiger charge is 2.51. The molecule has 0 N–H and O–H groups in total. The number of ether oxygens (including phenoxy) is 5. The van der Waals surface area contributed by atoms with Gasteiger partial charge in [-0.1, -0.05) is 0 Å². The first-order valence-electron chi connectivity index (χ1n) is 9.60. The second-order valence-corrected chi connectivity index (χ2v) is 6.94. The number of imidazole rings is 1. The van der Waals surface area contributed by atoms with E-state index < -0.39 is 48.4 Å². The fourth-order valence-electron chi connectivity index (χ4n) is 3.28. The molecule has 0 aliphatic carbocycles. The summed E-state index contributed by atoms with van der Waals surface area (Å²) in [6.07, 6.45) is -1.42. The maximum Gasteiger partial charge on any atom is 0.303 e. The molecule has 0 saturated carbocycles. The van der Waals surface area contributed by atoms with Gasteiger partial charge < -0.3 is 23.7 Å². The van der Waals surface area contributed by atoms with Crippen molar-refractivity contribution in [3.05, 3.63) is 18.3 Å². The molecule has 1 unspecified atom stereocenters. The number of esters is 4. The Morgan fingerprint density at radius 1 is 0.906 bits per heavy atom. The van der Waals surface area contributed by atoms with E-state index in [1.54, 1.807) is 0 Å². The third kappa shape index (κ3) is 5.17. The fraction of sp³-hybridized carbons (Fsp3) is 0.526. The van der Waals surface area contributed by atoms with Crippen LogP contribution in [0.15, 0.2) is 12.7 Å². The van der Waals surface area contributed by atoms with Crippen LogP contribution in [-0.4, -0.2) is 68.3 Å². The molecule has 1 saturated heterocycles. The molecule has 0 radical (unpaired) electrons. The molecule has 1 fully saturated rings. The van der Waals surface area contributed by atoms with Crippen LogP contribution in [0.4, 0.5) is 0 Å². The van der Waals surface area contributed by atoms with Crippen LogP contribution in [0, 0.1) is 0 Å². The quantitative estimate of drug-likeness (QED) is 0.418. The smallest absolute Gasteiger partial charge is 0.303 e. The highest BCUT2D eigenvalue weighted by Crippen LogP contribution is 2.36. The zero-order valence-corrected chi connectivity index (χ0v) is 17.8. The lowest BCUT2D eigenvalue weighted by Crippen LogP contribution is -2.40. The van der Waals surface area contributed by atoms with Crippen LogP contribution in [-0.2, 0) is 49.5 Å². The van der Waals surface area contributed by atoms with Gasteiger partial charge in [-0.2, -0.15) is 0 Å². The van der Waals surface area contributed by atoms with Crippen LogP contribution >= 0.6 is 0 Å². The maximum atomic E-state index is 11.8. The van der Waals surface area contributed by atoms with E-state index in [0.717, 1.165) is 0 Å². The van der Waals surface area contributed by atoms with Crippen molar-refractivity contribution in [2.75, 3.05) is 6.61 Å². The molecule has 0 spiro atoms. The Hall–Kier alpha value is -3.61. The van der Waals surface area contributed by atoms with Crippen LogP contribution in [0.3, 0.4) is 0 Å². The van der Waals surface area contributed by atoms with Gasteiger partial charge >= 0.3 is 23.9 Å². The first-order valence-corrected chi connectivity index (χ1v) is 9.60. The Kier molecular flexibility index (Phi) is 6.98. The molecule has 172 valence electrons. The van der Waals surface area contributed by atoms with Crippen molar-refractivity contribution in [3.63, 3.8) is 0 Å². The summed E-state index contributed by atoms with van der Waals surface area (Å²) in [5.41, 5.74) is 1.00. The molecule has 2 aromatic rings. The topological polar surface area (TPSA) is 158 Å². The Morgan fingerprint density at radius 2 is 1.56 bits per heavy atom. The van der Waals surface area contributed by atoms with E-state index in [2.05, 4.69) is 15.0 Å². The standard InChI is InChI=1S/C19H22N4O9/c1-9(24)28-5-13-15-18(21-7-20-13)23(8-22-15)19-17(31-12(4)27)16(30-11(3)26)14(32-19)6-29-10(2)25/h7-8,14,16-17,19H,5-6H2,1-4H3/t14-,16-,17-,19?/m1/s1. The van der Waals surface area contributed by atoms with E-state index in [0.29, 0.717) is 16.9 Å². The second-order valence-electron chi connectivity index (χ2n) is 6.94. The average Bonchev–Trinajstić information content (AvgIpc) is 3.26. The van der Waals surface area contributed by atoms with E-state index in [1.165, 1.54) is 44.9 Å². The van der Waals surface area contributed by atoms with Gasteiger partial charge in [0.25, 0.3) is 0 Å². The van der Waals surface area contributed by atoms with E-state index in [9.17, 15) is 19.2 Å². The van der Waals surface area contributed by atoms with Gasteiger partial charge in [0, 0.05) is 27.7 Å². The highest BCUT2D eigenvalue weighted by molar-refractivity contribution is 5.74. The van der Waals surface area contributed by atoms with Crippen LogP contribution in [0.5, 0.6) is 0 Å². The van der Waals surface area contributed by atoms with Crippen LogP contribution in [0.2, 0.25) is 0 Å². The maximum absolute atomic E-state index is 11.8. The van der Waals surface area contributed by atoms with Gasteiger partial charge in [0.05, 0.1) is 6.33 Å². The SMILES string of the molecule is CC(=O)OCc1ncnc2c1ncn2C1O[C@H](COC(C)=O)[C@@H](OC(C)=O)[C@H]1OC(C)=O. The molecule has 3 rings (SSSR count). The third-order valence-electron chi connectivity index (χ3n) is 4.46. The van der Waals surface area contributed by atoms with E-state index in [-0.39, 0.29) is 13.2 Å². The first-order chi connectivity index (χ1) is 15.2. The number of hydrogen-bond acceptors (Lipinski definition) is 12. The summed E-state index contributed by atoms with van der Waals surface area (Å²) in [5.74, 6) is -2.31. The van der Waals surface area contributed by atoms with Crippen molar-refractivity contribution < 1.29 is 42.9 Å². The minimum atomic E-state index is -1.08. The average molecular weight is 450 g/mol. The Bertz CT molecular complexity index is 1040. The van der Waals surface area contributed by atoms with Crippen molar-refractivity contribution in [1.82, 2.24) is 19.5 Å². The van der Waals surface area contributed by atoms with Gasteiger partial charge in [-0.15, -0.1) is 0 Å². The number of aromatic nitrogens is 4. The molecule has 1 aliphatic rings. The molecule has 0 amide bonds. The highest BCUT2D eigenvalue weighted by atomic mass is 16.7. The van der Waals surface area contributed by atoms with Crippen LogP contribution in [0.1, 0.15) is 39.6 Å². The number of carbonyl (C=O) groups excluding carboxylic acids is 4. The molecule has 32 heavy (non-hydrogen) atoms. The zero-order chi connectivity index (χ0) is 23.4. The number of hydrogen-bond donors (Lipinski definition) is 0.